The van der Waals surface area contributed by atoms with Crippen LogP contribution in [-0.4, -0.2) is 19.1 Å². The van der Waals surface area contributed by atoms with Crippen LogP contribution in [0.1, 0.15) is 5.56 Å². The minimum absolute atomic E-state index is 0.0473. The normalized spacial score (nSPS) is 10.4. The van der Waals surface area contributed by atoms with Crippen molar-refractivity contribution in [3.05, 3.63) is 54.1 Å². The number of amides is 1. The number of alkyl halides is 2. The topological polar surface area (TPSA) is 50.4 Å². The highest BCUT2D eigenvalue weighted by atomic mass is 19.3. The minimum Gasteiger partial charge on any atom is -0.435 e. The molecule has 6 heteroatoms. The van der Waals surface area contributed by atoms with Gasteiger partial charge in [0.25, 0.3) is 0 Å². The van der Waals surface area contributed by atoms with E-state index in [0.717, 1.165) is 11.3 Å². The lowest BCUT2D eigenvalue weighted by atomic mass is 10.2. The molecule has 0 heterocycles. The number of carbonyl (C=O) groups is 1. The zero-order valence-electron chi connectivity index (χ0n) is 12.0. The first-order chi connectivity index (χ1) is 10.5. The van der Waals surface area contributed by atoms with Crippen LogP contribution >= 0.6 is 0 Å². The van der Waals surface area contributed by atoms with E-state index in [9.17, 15) is 13.6 Å². The highest BCUT2D eigenvalue weighted by Gasteiger charge is 2.06. The number of para-hydroxylation sites is 1. The van der Waals surface area contributed by atoms with E-state index in [-0.39, 0.29) is 18.2 Å². The molecule has 0 radical (unpaired) electrons. The molecule has 0 saturated carbocycles. The van der Waals surface area contributed by atoms with Crippen molar-refractivity contribution in [3.63, 3.8) is 0 Å². The van der Waals surface area contributed by atoms with Crippen LogP contribution in [-0.2, 0) is 4.79 Å². The molecule has 2 N–H and O–H groups in total. The lowest BCUT2D eigenvalue weighted by Gasteiger charge is -2.10. The number of hydrogen-bond donors (Lipinski definition) is 2. The van der Waals surface area contributed by atoms with Crippen LogP contribution in [0.4, 0.5) is 20.2 Å². The van der Waals surface area contributed by atoms with E-state index in [1.54, 1.807) is 0 Å². The Morgan fingerprint density at radius 2 is 1.82 bits per heavy atom. The maximum absolute atomic E-state index is 12.0. The molecule has 0 saturated heterocycles. The van der Waals surface area contributed by atoms with Crippen molar-refractivity contribution in [2.45, 2.75) is 13.5 Å². The predicted molar refractivity (Wildman–Crippen MR) is 81.4 cm³/mol. The maximum atomic E-state index is 12.0. The van der Waals surface area contributed by atoms with Gasteiger partial charge in [0.15, 0.2) is 0 Å². The van der Waals surface area contributed by atoms with Crippen LogP contribution in [0.2, 0.25) is 0 Å². The highest BCUT2D eigenvalue weighted by molar-refractivity contribution is 5.93. The Morgan fingerprint density at radius 3 is 2.45 bits per heavy atom. The number of ether oxygens (including phenoxy) is 1. The summed E-state index contributed by atoms with van der Waals surface area (Å²) in [7, 11) is 0. The van der Waals surface area contributed by atoms with Gasteiger partial charge in [-0.2, -0.15) is 8.78 Å². The molecule has 1 amide bonds. The number of hydrogen-bond acceptors (Lipinski definition) is 3. The number of aryl methyl sites for hydroxylation is 1. The van der Waals surface area contributed by atoms with Crippen molar-refractivity contribution in [1.82, 2.24) is 0 Å². The summed E-state index contributed by atoms with van der Waals surface area (Å²) >= 11 is 0. The zero-order valence-corrected chi connectivity index (χ0v) is 12.0. The van der Waals surface area contributed by atoms with Crippen LogP contribution in [0.3, 0.4) is 0 Å². The maximum Gasteiger partial charge on any atom is 0.387 e. The molecular weight excluding hydrogens is 290 g/mol. The molecule has 0 aliphatic carbocycles. The van der Waals surface area contributed by atoms with E-state index in [1.165, 1.54) is 24.3 Å². The Morgan fingerprint density at radius 1 is 1.14 bits per heavy atom. The molecule has 22 heavy (non-hydrogen) atoms. The Balaban J connectivity index is 1.85. The molecule has 2 aromatic rings. The Hall–Kier alpha value is -2.63. The first kappa shape index (κ1) is 15.8. The average molecular weight is 306 g/mol. The van der Waals surface area contributed by atoms with Crippen LogP contribution in [0.5, 0.6) is 5.75 Å². The van der Waals surface area contributed by atoms with Gasteiger partial charge in [0, 0.05) is 11.4 Å². The van der Waals surface area contributed by atoms with Gasteiger partial charge in [0.05, 0.1) is 6.54 Å². The third-order valence-electron chi connectivity index (χ3n) is 2.95. The van der Waals surface area contributed by atoms with Crippen molar-refractivity contribution in [2.24, 2.45) is 0 Å². The Bertz CT molecular complexity index is 630. The number of carbonyl (C=O) groups excluding carboxylic acids is 1. The summed E-state index contributed by atoms with van der Waals surface area (Å²) in [6.45, 7) is -0.805. The molecule has 0 aromatic heterocycles. The summed E-state index contributed by atoms with van der Waals surface area (Å²) in [5, 5.41) is 5.70. The van der Waals surface area contributed by atoms with E-state index in [0.29, 0.717) is 5.69 Å². The van der Waals surface area contributed by atoms with Crippen molar-refractivity contribution in [2.75, 3.05) is 17.2 Å². The monoisotopic (exact) mass is 306 g/mol. The van der Waals surface area contributed by atoms with Crippen LogP contribution in [0.15, 0.2) is 48.5 Å². The summed E-state index contributed by atoms with van der Waals surface area (Å²) in [5.41, 5.74) is 2.44. The predicted octanol–water partition coefficient (Wildman–Crippen LogP) is 3.65. The van der Waals surface area contributed by atoms with E-state index >= 15 is 0 Å². The minimum atomic E-state index is -2.86. The molecule has 0 spiro atoms. The molecule has 2 rings (SSSR count). The number of benzene rings is 2. The molecule has 0 unspecified atom stereocenters. The molecule has 0 fully saturated rings. The fourth-order valence-corrected chi connectivity index (χ4v) is 1.87. The smallest absolute Gasteiger partial charge is 0.387 e. The van der Waals surface area contributed by atoms with Gasteiger partial charge < -0.3 is 15.4 Å². The highest BCUT2D eigenvalue weighted by Crippen LogP contribution is 2.18. The Labute approximate surface area is 127 Å². The first-order valence-electron chi connectivity index (χ1n) is 6.69. The van der Waals surface area contributed by atoms with Gasteiger partial charge in [0.1, 0.15) is 5.75 Å². The van der Waals surface area contributed by atoms with Crippen LogP contribution in [0, 0.1) is 6.92 Å². The largest absolute Gasteiger partial charge is 0.435 e. The second kappa shape index (κ2) is 7.40. The second-order valence-electron chi connectivity index (χ2n) is 4.62. The molecule has 0 aliphatic heterocycles. The molecule has 4 nitrogen and oxygen atoms in total. The summed E-state index contributed by atoms with van der Waals surface area (Å²) in [6, 6.07) is 13.4. The van der Waals surface area contributed by atoms with E-state index in [2.05, 4.69) is 15.4 Å². The quantitative estimate of drug-likeness (QED) is 0.856. The van der Waals surface area contributed by atoms with Gasteiger partial charge in [0.2, 0.25) is 5.91 Å². The second-order valence-corrected chi connectivity index (χ2v) is 4.62. The molecule has 0 aliphatic rings. The number of rotatable bonds is 6. The van der Waals surface area contributed by atoms with Crippen molar-refractivity contribution in [3.8, 4) is 5.75 Å². The lowest BCUT2D eigenvalue weighted by Crippen LogP contribution is -2.22. The average Bonchev–Trinajstić information content (AvgIpc) is 2.48. The van der Waals surface area contributed by atoms with Crippen molar-refractivity contribution in [1.29, 1.82) is 0 Å². The van der Waals surface area contributed by atoms with Gasteiger partial charge in [-0.3, -0.25) is 4.79 Å². The van der Waals surface area contributed by atoms with E-state index in [4.69, 9.17) is 0 Å². The SMILES string of the molecule is Cc1ccccc1NCC(=O)Nc1ccc(OC(F)F)cc1. The van der Waals surface area contributed by atoms with E-state index in [1.807, 2.05) is 31.2 Å². The molecule has 2 aromatic carbocycles. The molecule has 0 atom stereocenters. The van der Waals surface area contributed by atoms with Crippen molar-refractivity contribution >= 4 is 17.3 Å². The summed E-state index contributed by atoms with van der Waals surface area (Å²) in [6.07, 6.45) is 0. The molecule has 116 valence electrons. The number of anilines is 2. The number of nitrogens with one attached hydrogen (secondary N) is 2. The van der Waals surface area contributed by atoms with E-state index < -0.39 is 6.61 Å². The van der Waals surface area contributed by atoms with Gasteiger partial charge >= 0.3 is 6.61 Å². The third-order valence-corrected chi connectivity index (χ3v) is 2.95. The summed E-state index contributed by atoms with van der Waals surface area (Å²) < 4.78 is 28.3. The van der Waals surface area contributed by atoms with Gasteiger partial charge in [-0.1, -0.05) is 18.2 Å². The molecule has 0 bridgehead atoms. The Kier molecular flexibility index (Phi) is 5.30. The van der Waals surface area contributed by atoms with Crippen LogP contribution < -0.4 is 15.4 Å². The fraction of sp³-hybridized carbons (Fsp3) is 0.188. The lowest BCUT2D eigenvalue weighted by molar-refractivity contribution is -0.114. The van der Waals surface area contributed by atoms with Crippen molar-refractivity contribution < 1.29 is 18.3 Å². The molecular formula is C16H16F2N2O2. The van der Waals surface area contributed by atoms with Gasteiger partial charge in [-0.15, -0.1) is 0 Å². The zero-order chi connectivity index (χ0) is 15.9. The third kappa shape index (κ3) is 4.73. The standard InChI is InChI=1S/C16H16F2N2O2/c1-11-4-2-3-5-14(11)19-10-15(21)20-12-6-8-13(9-7-12)22-16(17)18/h2-9,16,19H,10H2,1H3,(H,20,21). The van der Waals surface area contributed by atoms with Gasteiger partial charge in [-0.05, 0) is 42.8 Å². The van der Waals surface area contributed by atoms with Crippen LogP contribution in [0.25, 0.3) is 0 Å². The van der Waals surface area contributed by atoms with Gasteiger partial charge in [-0.25, -0.2) is 0 Å². The summed E-state index contributed by atoms with van der Waals surface area (Å²) in [4.78, 5) is 11.8. The summed E-state index contributed by atoms with van der Waals surface area (Å²) in [5.74, 6) is -0.184. The fourth-order valence-electron chi connectivity index (χ4n) is 1.87. The number of halogens is 2. The first-order valence-corrected chi connectivity index (χ1v) is 6.69.